The van der Waals surface area contributed by atoms with E-state index in [0.717, 1.165) is 10.7 Å². The molecule has 19 heavy (non-hydrogen) atoms. The Hall–Kier alpha value is -2.44. The fourth-order valence-corrected chi connectivity index (χ4v) is 1.49. The third-order valence-corrected chi connectivity index (χ3v) is 2.42. The maximum atomic E-state index is 13.4. The number of nitrogens with zero attached hydrogens (tertiary/aromatic N) is 2. The molecular formula is C12H7F3N2O2. The molecule has 1 aromatic carbocycles. The van der Waals surface area contributed by atoms with Crippen LogP contribution in [0.15, 0.2) is 29.1 Å². The van der Waals surface area contributed by atoms with Crippen molar-refractivity contribution in [2.24, 2.45) is 0 Å². The van der Waals surface area contributed by atoms with Crippen LogP contribution in [0.5, 0.6) is 0 Å². The summed E-state index contributed by atoms with van der Waals surface area (Å²) >= 11 is 0. The van der Waals surface area contributed by atoms with Gasteiger partial charge in [0.2, 0.25) is 0 Å². The number of carbonyl (C=O) groups is 1. The van der Waals surface area contributed by atoms with E-state index in [4.69, 9.17) is 0 Å². The van der Waals surface area contributed by atoms with Gasteiger partial charge in [0.05, 0.1) is 6.54 Å². The molecule has 0 atom stereocenters. The second kappa shape index (κ2) is 5.05. The van der Waals surface area contributed by atoms with Gasteiger partial charge in [-0.05, 0) is 12.1 Å². The Labute approximate surface area is 105 Å². The summed E-state index contributed by atoms with van der Waals surface area (Å²) < 4.78 is 40.0. The van der Waals surface area contributed by atoms with Crippen LogP contribution in [0.4, 0.5) is 13.2 Å². The Bertz CT molecular complexity index is 698. The van der Waals surface area contributed by atoms with Gasteiger partial charge in [0, 0.05) is 17.7 Å². The second-order valence-corrected chi connectivity index (χ2v) is 3.73. The van der Waals surface area contributed by atoms with Gasteiger partial charge in [0.25, 0.3) is 5.56 Å². The first-order valence-electron chi connectivity index (χ1n) is 5.18. The van der Waals surface area contributed by atoms with E-state index in [9.17, 15) is 22.8 Å². The predicted molar refractivity (Wildman–Crippen MR) is 59.3 cm³/mol. The Balaban J connectivity index is 2.44. The van der Waals surface area contributed by atoms with Crippen molar-refractivity contribution in [2.75, 3.05) is 0 Å². The molecule has 0 bridgehead atoms. The quantitative estimate of drug-likeness (QED) is 0.626. The first kappa shape index (κ1) is 13.0. The zero-order chi connectivity index (χ0) is 14.0. The van der Waals surface area contributed by atoms with Crippen LogP contribution < -0.4 is 5.56 Å². The lowest BCUT2D eigenvalue weighted by Gasteiger charge is -2.06. The van der Waals surface area contributed by atoms with Crippen LogP contribution in [0, 0.1) is 17.5 Å². The molecule has 0 N–H and O–H groups in total. The monoisotopic (exact) mass is 268 g/mol. The zero-order valence-corrected chi connectivity index (χ0v) is 9.44. The van der Waals surface area contributed by atoms with Gasteiger partial charge in [-0.2, -0.15) is 5.10 Å². The van der Waals surface area contributed by atoms with Gasteiger partial charge in [-0.15, -0.1) is 0 Å². The lowest BCUT2D eigenvalue weighted by Crippen LogP contribution is -2.24. The third-order valence-electron chi connectivity index (χ3n) is 2.42. The molecule has 2 rings (SSSR count). The average molecular weight is 268 g/mol. The smallest absolute Gasteiger partial charge is 0.267 e. The van der Waals surface area contributed by atoms with Crippen molar-refractivity contribution >= 4 is 6.29 Å². The van der Waals surface area contributed by atoms with Crippen molar-refractivity contribution in [3.05, 3.63) is 63.3 Å². The number of benzene rings is 1. The van der Waals surface area contributed by atoms with Crippen molar-refractivity contribution in [1.82, 2.24) is 9.78 Å². The molecule has 0 aliphatic heterocycles. The third kappa shape index (κ3) is 2.70. The van der Waals surface area contributed by atoms with E-state index in [1.165, 1.54) is 6.07 Å². The molecule has 1 aromatic heterocycles. The SMILES string of the molecule is O=Cc1ccc(=O)n(Cc2cc(F)c(F)cc2F)n1. The minimum absolute atomic E-state index is 0.0254. The maximum Gasteiger partial charge on any atom is 0.267 e. The van der Waals surface area contributed by atoms with Crippen LogP contribution in [0.25, 0.3) is 0 Å². The van der Waals surface area contributed by atoms with Crippen molar-refractivity contribution in [3.63, 3.8) is 0 Å². The van der Waals surface area contributed by atoms with Crippen LogP contribution in [0.3, 0.4) is 0 Å². The molecule has 0 radical (unpaired) electrons. The highest BCUT2D eigenvalue weighted by molar-refractivity contribution is 5.70. The van der Waals surface area contributed by atoms with Crippen molar-refractivity contribution < 1.29 is 18.0 Å². The number of halogens is 3. The Morgan fingerprint density at radius 2 is 1.79 bits per heavy atom. The van der Waals surface area contributed by atoms with E-state index in [0.29, 0.717) is 18.4 Å². The lowest BCUT2D eigenvalue weighted by molar-refractivity contribution is 0.111. The summed E-state index contributed by atoms with van der Waals surface area (Å²) in [5, 5.41) is 3.63. The average Bonchev–Trinajstić information content (AvgIpc) is 2.38. The van der Waals surface area contributed by atoms with E-state index < -0.39 is 29.6 Å². The van der Waals surface area contributed by atoms with Crippen LogP contribution in [-0.4, -0.2) is 16.1 Å². The highest BCUT2D eigenvalue weighted by atomic mass is 19.2. The van der Waals surface area contributed by atoms with Gasteiger partial charge in [-0.1, -0.05) is 0 Å². The van der Waals surface area contributed by atoms with Crippen LogP contribution in [0.1, 0.15) is 16.1 Å². The standard InChI is InChI=1S/C12H7F3N2O2/c13-9-4-11(15)10(14)3-7(9)5-17-12(19)2-1-8(6-18)16-17/h1-4,6H,5H2. The molecular weight excluding hydrogens is 261 g/mol. The van der Waals surface area contributed by atoms with Crippen molar-refractivity contribution in [3.8, 4) is 0 Å². The largest absolute Gasteiger partial charge is 0.296 e. The lowest BCUT2D eigenvalue weighted by atomic mass is 10.2. The van der Waals surface area contributed by atoms with E-state index in [-0.39, 0.29) is 11.3 Å². The summed E-state index contributed by atoms with van der Waals surface area (Å²) in [5.41, 5.74) is -0.853. The van der Waals surface area contributed by atoms with E-state index in [1.807, 2.05) is 0 Å². The molecule has 0 saturated heterocycles. The summed E-state index contributed by atoms with van der Waals surface area (Å²) in [6.07, 6.45) is 0.414. The maximum absolute atomic E-state index is 13.4. The number of rotatable bonds is 3. The molecule has 1 heterocycles. The normalized spacial score (nSPS) is 10.5. The fourth-order valence-electron chi connectivity index (χ4n) is 1.49. The molecule has 0 fully saturated rings. The van der Waals surface area contributed by atoms with Crippen LogP contribution in [-0.2, 0) is 6.54 Å². The second-order valence-electron chi connectivity index (χ2n) is 3.73. The van der Waals surface area contributed by atoms with Gasteiger partial charge in [0.1, 0.15) is 11.5 Å². The van der Waals surface area contributed by atoms with E-state index in [1.54, 1.807) is 0 Å². The molecule has 0 aliphatic rings. The first-order valence-corrected chi connectivity index (χ1v) is 5.18. The summed E-state index contributed by atoms with van der Waals surface area (Å²) in [4.78, 5) is 22.0. The number of hydrogen-bond donors (Lipinski definition) is 0. The number of aromatic nitrogens is 2. The molecule has 98 valence electrons. The molecule has 2 aromatic rings. The molecule has 0 spiro atoms. The first-order chi connectivity index (χ1) is 9.01. The molecule has 7 heteroatoms. The molecule has 4 nitrogen and oxygen atoms in total. The van der Waals surface area contributed by atoms with Gasteiger partial charge >= 0.3 is 0 Å². The van der Waals surface area contributed by atoms with Crippen molar-refractivity contribution in [2.45, 2.75) is 6.54 Å². The Morgan fingerprint density at radius 1 is 1.11 bits per heavy atom. The van der Waals surface area contributed by atoms with E-state index >= 15 is 0 Å². The summed E-state index contributed by atoms with van der Waals surface area (Å²) in [6.45, 7) is -0.399. The van der Waals surface area contributed by atoms with Crippen LogP contribution in [0.2, 0.25) is 0 Å². The number of carbonyl (C=O) groups excluding carboxylic acids is 1. The number of hydrogen-bond acceptors (Lipinski definition) is 3. The number of aldehydes is 1. The highest BCUT2D eigenvalue weighted by Crippen LogP contribution is 2.14. The van der Waals surface area contributed by atoms with Gasteiger partial charge in [0.15, 0.2) is 17.9 Å². The topological polar surface area (TPSA) is 52.0 Å². The fraction of sp³-hybridized carbons (Fsp3) is 0.0833. The molecule has 0 aliphatic carbocycles. The molecule has 0 saturated carbocycles. The predicted octanol–water partition coefficient (Wildman–Crippen LogP) is 1.52. The molecule has 0 amide bonds. The zero-order valence-electron chi connectivity index (χ0n) is 9.44. The van der Waals surface area contributed by atoms with Gasteiger partial charge < -0.3 is 0 Å². The van der Waals surface area contributed by atoms with E-state index in [2.05, 4.69) is 5.10 Å². The summed E-state index contributed by atoms with van der Waals surface area (Å²) in [6, 6.07) is 3.31. The minimum Gasteiger partial charge on any atom is -0.296 e. The van der Waals surface area contributed by atoms with Crippen molar-refractivity contribution in [1.29, 1.82) is 0 Å². The van der Waals surface area contributed by atoms with Gasteiger partial charge in [-0.3, -0.25) is 9.59 Å². The Morgan fingerprint density at radius 3 is 2.47 bits per heavy atom. The van der Waals surface area contributed by atoms with Crippen LogP contribution >= 0.6 is 0 Å². The molecule has 0 unspecified atom stereocenters. The minimum atomic E-state index is -1.32. The Kier molecular flexibility index (Phi) is 3.46. The summed E-state index contributed by atoms with van der Waals surface area (Å²) in [5.74, 6) is -3.54. The highest BCUT2D eigenvalue weighted by Gasteiger charge is 2.11. The van der Waals surface area contributed by atoms with Gasteiger partial charge in [-0.25, -0.2) is 17.9 Å². The summed E-state index contributed by atoms with van der Waals surface area (Å²) in [7, 11) is 0.